The lowest BCUT2D eigenvalue weighted by Crippen LogP contribution is -2.45. The van der Waals surface area contributed by atoms with Gasteiger partial charge < -0.3 is 14.9 Å². The number of hydrogen-bond acceptors (Lipinski definition) is 4. The summed E-state index contributed by atoms with van der Waals surface area (Å²) in [5, 5.41) is 0. The molecule has 1 atom stereocenters. The third kappa shape index (κ3) is 2.35. The monoisotopic (exact) mass is 196 g/mol. The van der Waals surface area contributed by atoms with Gasteiger partial charge in [0.15, 0.2) is 0 Å². The van der Waals surface area contributed by atoms with Crippen LogP contribution in [0.5, 0.6) is 0 Å². The second-order valence-corrected chi connectivity index (χ2v) is 3.54. The molecule has 1 aliphatic heterocycles. The van der Waals surface area contributed by atoms with Gasteiger partial charge in [-0.1, -0.05) is 0 Å². The van der Waals surface area contributed by atoms with Crippen LogP contribution in [0.2, 0.25) is 0 Å². The van der Waals surface area contributed by atoms with Crippen LogP contribution >= 0.6 is 0 Å². The molecule has 0 aromatic carbocycles. The van der Waals surface area contributed by atoms with Crippen LogP contribution in [-0.2, 0) is 11.3 Å². The molecule has 1 fully saturated rings. The highest BCUT2D eigenvalue weighted by atomic mass is 16.5. The summed E-state index contributed by atoms with van der Waals surface area (Å²) < 4.78 is 10.8. The Hall–Kier alpha value is -0.840. The first-order valence-corrected chi connectivity index (χ1v) is 4.95. The van der Waals surface area contributed by atoms with Crippen molar-refractivity contribution in [2.45, 2.75) is 12.6 Å². The lowest BCUT2D eigenvalue weighted by atomic mass is 10.2. The van der Waals surface area contributed by atoms with Crippen LogP contribution in [0.3, 0.4) is 0 Å². The predicted octanol–water partition coefficient (Wildman–Crippen LogP) is 0.439. The third-order valence-electron chi connectivity index (χ3n) is 2.45. The smallest absolute Gasteiger partial charge is 0.117 e. The molecule has 2 rings (SSSR count). The molecule has 0 aliphatic carbocycles. The Morgan fingerprint density at radius 1 is 1.57 bits per heavy atom. The second kappa shape index (κ2) is 4.59. The fraction of sp³-hybridized carbons (Fsp3) is 0.600. The average molecular weight is 196 g/mol. The molecule has 1 aliphatic rings. The maximum atomic E-state index is 5.56. The first kappa shape index (κ1) is 9.71. The van der Waals surface area contributed by atoms with Crippen LogP contribution in [0, 0.1) is 0 Å². The highest BCUT2D eigenvalue weighted by Crippen LogP contribution is 2.09. The molecule has 4 heteroatoms. The molecule has 14 heavy (non-hydrogen) atoms. The Bertz CT molecular complexity index is 261. The van der Waals surface area contributed by atoms with Gasteiger partial charge in [0, 0.05) is 19.6 Å². The van der Waals surface area contributed by atoms with Gasteiger partial charge in [-0.2, -0.15) is 0 Å². The SMILES string of the molecule is NC[C@H]1CN(Cc2ccco2)CCO1. The van der Waals surface area contributed by atoms with Crippen LogP contribution < -0.4 is 5.73 Å². The normalized spacial score (nSPS) is 23.9. The minimum atomic E-state index is 0.179. The molecule has 0 spiro atoms. The van der Waals surface area contributed by atoms with Crippen molar-refractivity contribution in [1.29, 1.82) is 0 Å². The van der Waals surface area contributed by atoms with Crippen molar-refractivity contribution < 1.29 is 9.15 Å². The largest absolute Gasteiger partial charge is 0.468 e. The molecular weight excluding hydrogens is 180 g/mol. The Balaban J connectivity index is 1.86. The number of furan rings is 1. The number of hydrogen-bond donors (Lipinski definition) is 1. The van der Waals surface area contributed by atoms with Crippen LogP contribution in [-0.4, -0.2) is 37.2 Å². The van der Waals surface area contributed by atoms with E-state index in [9.17, 15) is 0 Å². The lowest BCUT2D eigenvalue weighted by Gasteiger charge is -2.31. The van der Waals surface area contributed by atoms with Crippen molar-refractivity contribution in [3.63, 3.8) is 0 Å². The quantitative estimate of drug-likeness (QED) is 0.762. The van der Waals surface area contributed by atoms with Crippen LogP contribution in [0.1, 0.15) is 5.76 Å². The minimum absolute atomic E-state index is 0.179. The molecule has 0 amide bonds. The first-order chi connectivity index (χ1) is 6.88. The van der Waals surface area contributed by atoms with Gasteiger partial charge in [-0.25, -0.2) is 0 Å². The van der Waals surface area contributed by atoms with Crippen LogP contribution in [0.4, 0.5) is 0 Å². The van der Waals surface area contributed by atoms with Crippen molar-refractivity contribution in [2.24, 2.45) is 5.73 Å². The average Bonchev–Trinajstić information content (AvgIpc) is 2.71. The van der Waals surface area contributed by atoms with Gasteiger partial charge in [0.25, 0.3) is 0 Å². The van der Waals surface area contributed by atoms with Gasteiger partial charge in [0.1, 0.15) is 5.76 Å². The Morgan fingerprint density at radius 2 is 2.50 bits per heavy atom. The van der Waals surface area contributed by atoms with E-state index in [0.29, 0.717) is 6.54 Å². The summed E-state index contributed by atoms with van der Waals surface area (Å²) in [6.07, 6.45) is 1.88. The molecule has 0 unspecified atom stereocenters. The van der Waals surface area contributed by atoms with Crippen molar-refractivity contribution in [1.82, 2.24) is 4.90 Å². The number of morpholine rings is 1. The molecule has 0 bridgehead atoms. The van der Waals surface area contributed by atoms with Crippen LogP contribution in [0.25, 0.3) is 0 Å². The van der Waals surface area contributed by atoms with Gasteiger partial charge in [-0.3, -0.25) is 4.90 Å². The van der Waals surface area contributed by atoms with E-state index in [4.69, 9.17) is 14.9 Å². The van der Waals surface area contributed by atoms with Gasteiger partial charge in [0.2, 0.25) is 0 Å². The number of rotatable bonds is 3. The highest BCUT2D eigenvalue weighted by molar-refractivity contribution is 4.98. The van der Waals surface area contributed by atoms with E-state index in [2.05, 4.69) is 4.90 Å². The van der Waals surface area contributed by atoms with Gasteiger partial charge >= 0.3 is 0 Å². The highest BCUT2D eigenvalue weighted by Gasteiger charge is 2.19. The van der Waals surface area contributed by atoms with E-state index in [-0.39, 0.29) is 6.10 Å². The maximum absolute atomic E-state index is 5.56. The fourth-order valence-corrected chi connectivity index (χ4v) is 1.69. The zero-order valence-corrected chi connectivity index (χ0v) is 8.19. The molecule has 78 valence electrons. The van der Waals surface area contributed by atoms with Gasteiger partial charge in [0.05, 0.1) is 25.5 Å². The Morgan fingerprint density at radius 3 is 3.21 bits per heavy atom. The topological polar surface area (TPSA) is 51.6 Å². The Kier molecular flexibility index (Phi) is 3.18. The Labute approximate surface area is 83.6 Å². The minimum Gasteiger partial charge on any atom is -0.468 e. The summed E-state index contributed by atoms with van der Waals surface area (Å²) in [6, 6.07) is 3.91. The predicted molar refractivity (Wildman–Crippen MR) is 52.8 cm³/mol. The number of nitrogens with two attached hydrogens (primary N) is 1. The summed E-state index contributed by atoms with van der Waals surface area (Å²) in [7, 11) is 0. The summed E-state index contributed by atoms with van der Waals surface area (Å²) in [5.74, 6) is 1.00. The van der Waals surface area contributed by atoms with Crippen LogP contribution in [0.15, 0.2) is 22.8 Å². The van der Waals surface area contributed by atoms with E-state index in [1.54, 1.807) is 6.26 Å². The molecule has 1 saturated heterocycles. The van der Waals surface area contributed by atoms with Crippen molar-refractivity contribution in [3.05, 3.63) is 24.2 Å². The van der Waals surface area contributed by atoms with E-state index in [1.807, 2.05) is 12.1 Å². The molecule has 0 saturated carbocycles. The second-order valence-electron chi connectivity index (χ2n) is 3.54. The summed E-state index contributed by atoms with van der Waals surface area (Å²) >= 11 is 0. The number of ether oxygens (including phenoxy) is 1. The zero-order valence-electron chi connectivity index (χ0n) is 8.19. The third-order valence-corrected chi connectivity index (χ3v) is 2.45. The molecule has 4 nitrogen and oxygen atoms in total. The molecule has 2 heterocycles. The lowest BCUT2D eigenvalue weighted by molar-refractivity contribution is -0.0278. The van der Waals surface area contributed by atoms with E-state index < -0.39 is 0 Å². The molecule has 0 radical (unpaired) electrons. The van der Waals surface area contributed by atoms with E-state index in [1.165, 1.54) is 0 Å². The van der Waals surface area contributed by atoms with E-state index in [0.717, 1.165) is 32.0 Å². The molecule has 1 aromatic heterocycles. The zero-order chi connectivity index (χ0) is 9.80. The molecule has 2 N–H and O–H groups in total. The van der Waals surface area contributed by atoms with Crippen molar-refractivity contribution >= 4 is 0 Å². The van der Waals surface area contributed by atoms with Gasteiger partial charge in [-0.05, 0) is 12.1 Å². The standard InChI is InChI=1S/C10H16N2O2/c11-6-10-8-12(3-5-14-10)7-9-2-1-4-13-9/h1-2,4,10H,3,5-8,11H2/t10-/m0/s1. The fourth-order valence-electron chi connectivity index (χ4n) is 1.69. The van der Waals surface area contributed by atoms with Gasteiger partial charge in [-0.15, -0.1) is 0 Å². The summed E-state index contributed by atoms with van der Waals surface area (Å²) in [5.41, 5.74) is 5.56. The molecule has 1 aromatic rings. The van der Waals surface area contributed by atoms with Crippen molar-refractivity contribution in [2.75, 3.05) is 26.2 Å². The summed E-state index contributed by atoms with van der Waals surface area (Å²) in [6.45, 7) is 4.07. The van der Waals surface area contributed by atoms with E-state index >= 15 is 0 Å². The molecular formula is C10H16N2O2. The first-order valence-electron chi connectivity index (χ1n) is 4.95. The summed E-state index contributed by atoms with van der Waals surface area (Å²) in [4.78, 5) is 2.31. The van der Waals surface area contributed by atoms with Crippen molar-refractivity contribution in [3.8, 4) is 0 Å². The maximum Gasteiger partial charge on any atom is 0.117 e. The number of nitrogens with zero attached hydrogens (tertiary/aromatic N) is 1.